The van der Waals surface area contributed by atoms with Crippen LogP contribution in [-0.4, -0.2) is 18.1 Å². The van der Waals surface area contributed by atoms with Crippen molar-refractivity contribution in [2.45, 2.75) is 26.3 Å². The Morgan fingerprint density at radius 2 is 1.82 bits per heavy atom. The van der Waals surface area contributed by atoms with Crippen LogP contribution < -0.4 is 10.1 Å². The molecule has 1 heterocycles. The van der Waals surface area contributed by atoms with Gasteiger partial charge in [0.05, 0.1) is 0 Å². The number of fused-ring (bicyclic) bond motifs is 3. The summed E-state index contributed by atoms with van der Waals surface area (Å²) < 4.78 is 11.4. The number of para-hydroxylation sites is 1. The summed E-state index contributed by atoms with van der Waals surface area (Å²) in [5.74, 6) is 0.521. The molecule has 0 spiro atoms. The highest BCUT2D eigenvalue weighted by molar-refractivity contribution is 6.05. The van der Waals surface area contributed by atoms with E-state index in [1.807, 2.05) is 63.2 Å². The molecule has 2 aromatic carbocycles. The number of benzene rings is 2. The van der Waals surface area contributed by atoms with Crippen molar-refractivity contribution in [3.8, 4) is 5.75 Å². The Kier molecular flexibility index (Phi) is 3.53. The first-order chi connectivity index (χ1) is 10.4. The number of rotatable bonds is 3. The second kappa shape index (κ2) is 5.37. The van der Waals surface area contributed by atoms with Gasteiger partial charge in [-0.1, -0.05) is 18.2 Å². The van der Waals surface area contributed by atoms with Crippen molar-refractivity contribution in [2.24, 2.45) is 0 Å². The first-order valence-corrected chi connectivity index (χ1v) is 7.27. The van der Waals surface area contributed by atoms with Gasteiger partial charge in [-0.15, -0.1) is 0 Å². The SMILES string of the molecule is CC(C)(C)NC(=O)COc1ccc2oc3ccccc3c2c1. The molecule has 0 aliphatic heterocycles. The fourth-order valence-electron chi connectivity index (χ4n) is 2.40. The predicted octanol–water partition coefficient (Wildman–Crippen LogP) is 3.88. The molecule has 1 aromatic heterocycles. The van der Waals surface area contributed by atoms with Crippen LogP contribution in [0.5, 0.6) is 5.75 Å². The lowest BCUT2D eigenvalue weighted by molar-refractivity contribution is -0.124. The molecule has 0 aliphatic carbocycles. The molecule has 0 bridgehead atoms. The summed E-state index contributed by atoms with van der Waals surface area (Å²) in [6.45, 7) is 5.82. The van der Waals surface area contributed by atoms with Crippen molar-refractivity contribution in [1.29, 1.82) is 0 Å². The summed E-state index contributed by atoms with van der Waals surface area (Å²) in [5, 5.41) is 4.90. The molecule has 22 heavy (non-hydrogen) atoms. The second-order valence-electron chi connectivity index (χ2n) is 6.34. The zero-order valence-corrected chi connectivity index (χ0v) is 13.0. The fourth-order valence-corrected chi connectivity index (χ4v) is 2.40. The van der Waals surface area contributed by atoms with Gasteiger partial charge in [-0.05, 0) is 45.0 Å². The van der Waals surface area contributed by atoms with Gasteiger partial charge in [-0.25, -0.2) is 0 Å². The van der Waals surface area contributed by atoms with Crippen molar-refractivity contribution in [2.75, 3.05) is 6.61 Å². The van der Waals surface area contributed by atoms with Gasteiger partial charge in [0.25, 0.3) is 5.91 Å². The number of hydrogen-bond donors (Lipinski definition) is 1. The number of nitrogens with one attached hydrogen (secondary N) is 1. The summed E-state index contributed by atoms with van der Waals surface area (Å²) in [6, 6.07) is 13.5. The first-order valence-electron chi connectivity index (χ1n) is 7.27. The number of hydrogen-bond acceptors (Lipinski definition) is 3. The van der Waals surface area contributed by atoms with E-state index < -0.39 is 0 Å². The van der Waals surface area contributed by atoms with Gasteiger partial charge in [0.2, 0.25) is 0 Å². The lowest BCUT2D eigenvalue weighted by Crippen LogP contribution is -2.43. The Morgan fingerprint density at radius 3 is 2.59 bits per heavy atom. The molecular formula is C18H19NO3. The van der Waals surface area contributed by atoms with Crippen LogP contribution in [0.2, 0.25) is 0 Å². The van der Waals surface area contributed by atoms with Gasteiger partial charge in [0.15, 0.2) is 6.61 Å². The van der Waals surface area contributed by atoms with Gasteiger partial charge in [0, 0.05) is 16.3 Å². The van der Waals surface area contributed by atoms with E-state index in [0.29, 0.717) is 5.75 Å². The minimum Gasteiger partial charge on any atom is -0.484 e. The number of furan rings is 1. The third-order valence-electron chi connectivity index (χ3n) is 3.23. The number of carbonyl (C=O) groups is 1. The minimum absolute atomic E-state index is 0.00143. The third-order valence-corrected chi connectivity index (χ3v) is 3.23. The quantitative estimate of drug-likeness (QED) is 0.798. The summed E-state index contributed by atoms with van der Waals surface area (Å²) in [5.41, 5.74) is 1.40. The van der Waals surface area contributed by atoms with Crippen LogP contribution in [0.4, 0.5) is 0 Å². The maximum Gasteiger partial charge on any atom is 0.258 e. The molecule has 0 saturated carbocycles. The van der Waals surface area contributed by atoms with Crippen molar-refractivity contribution in [3.05, 3.63) is 42.5 Å². The van der Waals surface area contributed by atoms with E-state index in [1.54, 1.807) is 0 Å². The number of carbonyl (C=O) groups excluding carboxylic acids is 1. The molecule has 0 fully saturated rings. The van der Waals surface area contributed by atoms with E-state index in [0.717, 1.165) is 21.9 Å². The Bertz CT molecular complexity index is 827. The van der Waals surface area contributed by atoms with Crippen LogP contribution in [0.25, 0.3) is 21.9 Å². The van der Waals surface area contributed by atoms with Crippen LogP contribution in [0.3, 0.4) is 0 Å². The molecule has 1 N–H and O–H groups in total. The highest BCUT2D eigenvalue weighted by Crippen LogP contribution is 2.31. The lowest BCUT2D eigenvalue weighted by atomic mass is 10.1. The molecule has 4 nitrogen and oxygen atoms in total. The monoisotopic (exact) mass is 297 g/mol. The summed E-state index contributed by atoms with van der Waals surface area (Å²) in [7, 11) is 0. The van der Waals surface area contributed by atoms with Crippen molar-refractivity contribution >= 4 is 27.8 Å². The van der Waals surface area contributed by atoms with Gasteiger partial charge < -0.3 is 14.5 Å². The lowest BCUT2D eigenvalue weighted by Gasteiger charge is -2.20. The maximum absolute atomic E-state index is 11.8. The van der Waals surface area contributed by atoms with Crippen molar-refractivity contribution in [1.82, 2.24) is 5.32 Å². The Balaban J connectivity index is 1.80. The zero-order chi connectivity index (χ0) is 15.7. The molecular weight excluding hydrogens is 278 g/mol. The number of ether oxygens (including phenoxy) is 1. The molecule has 0 aliphatic rings. The molecule has 1 amide bonds. The topological polar surface area (TPSA) is 51.5 Å². The van der Waals surface area contributed by atoms with E-state index in [-0.39, 0.29) is 18.1 Å². The van der Waals surface area contributed by atoms with E-state index in [4.69, 9.17) is 9.15 Å². The second-order valence-corrected chi connectivity index (χ2v) is 6.34. The first kappa shape index (κ1) is 14.4. The Morgan fingerprint density at radius 1 is 1.09 bits per heavy atom. The molecule has 0 radical (unpaired) electrons. The highest BCUT2D eigenvalue weighted by Gasteiger charge is 2.14. The van der Waals surface area contributed by atoms with Gasteiger partial charge >= 0.3 is 0 Å². The van der Waals surface area contributed by atoms with Crippen molar-refractivity contribution < 1.29 is 13.9 Å². The molecule has 0 atom stereocenters. The molecule has 114 valence electrons. The third kappa shape index (κ3) is 3.06. The van der Waals surface area contributed by atoms with E-state index in [1.165, 1.54) is 0 Å². The summed E-state index contributed by atoms with van der Waals surface area (Å²) >= 11 is 0. The van der Waals surface area contributed by atoms with Crippen LogP contribution in [0, 0.1) is 0 Å². The molecule has 4 heteroatoms. The van der Waals surface area contributed by atoms with Gasteiger partial charge in [-0.3, -0.25) is 4.79 Å². The Labute approximate surface area is 129 Å². The minimum atomic E-state index is -0.259. The predicted molar refractivity (Wildman–Crippen MR) is 87.1 cm³/mol. The average molecular weight is 297 g/mol. The Hall–Kier alpha value is -2.49. The zero-order valence-electron chi connectivity index (χ0n) is 13.0. The smallest absolute Gasteiger partial charge is 0.258 e. The molecule has 0 unspecified atom stereocenters. The van der Waals surface area contributed by atoms with E-state index in [9.17, 15) is 4.79 Å². The van der Waals surface area contributed by atoms with Crippen LogP contribution in [0.1, 0.15) is 20.8 Å². The van der Waals surface area contributed by atoms with Gasteiger partial charge in [-0.2, -0.15) is 0 Å². The largest absolute Gasteiger partial charge is 0.484 e. The maximum atomic E-state index is 11.8. The van der Waals surface area contributed by atoms with Crippen LogP contribution >= 0.6 is 0 Å². The fraction of sp³-hybridized carbons (Fsp3) is 0.278. The standard InChI is InChI=1S/C18H19NO3/c1-18(2,3)19-17(20)11-21-12-8-9-16-14(10-12)13-6-4-5-7-15(13)22-16/h4-10H,11H2,1-3H3,(H,19,20). The van der Waals surface area contributed by atoms with Gasteiger partial charge in [0.1, 0.15) is 16.9 Å². The van der Waals surface area contributed by atoms with E-state index >= 15 is 0 Å². The van der Waals surface area contributed by atoms with Crippen LogP contribution in [0.15, 0.2) is 46.9 Å². The molecule has 3 aromatic rings. The summed E-state index contributed by atoms with van der Waals surface area (Å²) in [6.07, 6.45) is 0. The summed E-state index contributed by atoms with van der Waals surface area (Å²) in [4.78, 5) is 11.8. The number of amides is 1. The molecule has 0 saturated heterocycles. The normalized spacial score (nSPS) is 11.8. The van der Waals surface area contributed by atoms with Crippen molar-refractivity contribution in [3.63, 3.8) is 0 Å². The molecule has 3 rings (SSSR count). The van der Waals surface area contributed by atoms with Crippen LogP contribution in [-0.2, 0) is 4.79 Å². The van der Waals surface area contributed by atoms with E-state index in [2.05, 4.69) is 5.32 Å². The highest BCUT2D eigenvalue weighted by atomic mass is 16.5. The average Bonchev–Trinajstić information content (AvgIpc) is 2.81.